The van der Waals surface area contributed by atoms with Gasteiger partial charge in [0.2, 0.25) is 0 Å². The Morgan fingerprint density at radius 3 is 2.55 bits per heavy atom. The van der Waals surface area contributed by atoms with E-state index in [2.05, 4.69) is 20.6 Å². The average Bonchev–Trinajstić information content (AvgIpc) is 3.47. The number of nitrogens with one attached hydrogen (secondary N) is 2. The summed E-state index contributed by atoms with van der Waals surface area (Å²) in [6.45, 7) is 3.60. The van der Waals surface area contributed by atoms with Crippen LogP contribution in [-0.2, 0) is 0 Å². The molecule has 2 aromatic rings. The number of halogens is 5. The molecule has 3 heterocycles. The van der Waals surface area contributed by atoms with Crippen molar-refractivity contribution < 1.29 is 36.6 Å². The first kappa shape index (κ1) is 28.1. The summed E-state index contributed by atoms with van der Waals surface area (Å²) >= 11 is 0.740. The lowest BCUT2D eigenvalue weighted by Gasteiger charge is -2.31. The topological polar surface area (TPSA) is 107 Å². The largest absolute Gasteiger partial charge is 0.408 e. The molecule has 8 nitrogen and oxygen atoms in total. The van der Waals surface area contributed by atoms with E-state index in [1.165, 1.54) is 6.92 Å². The number of hydrogen-bond acceptors (Lipinski definition) is 7. The third kappa shape index (κ3) is 5.90. The molecule has 3 N–H and O–H groups in total. The molecule has 0 spiro atoms. The van der Waals surface area contributed by atoms with E-state index in [4.69, 9.17) is 0 Å². The number of pyridine rings is 1. The second-order valence-electron chi connectivity index (χ2n) is 9.59. The highest BCUT2D eigenvalue weighted by Gasteiger charge is 2.39. The third-order valence-corrected chi connectivity index (χ3v) is 7.91. The second kappa shape index (κ2) is 11.1. The molecule has 14 heteroatoms. The van der Waals surface area contributed by atoms with Gasteiger partial charge in [0.05, 0.1) is 11.0 Å². The van der Waals surface area contributed by atoms with Crippen LogP contribution in [0, 0.1) is 0 Å². The van der Waals surface area contributed by atoms with Crippen molar-refractivity contribution >= 4 is 29.0 Å². The molecule has 0 unspecified atom stereocenters. The molecule has 38 heavy (non-hydrogen) atoms. The van der Waals surface area contributed by atoms with Crippen LogP contribution in [0.5, 0.6) is 0 Å². The van der Waals surface area contributed by atoms with E-state index in [-0.39, 0.29) is 45.5 Å². The van der Waals surface area contributed by atoms with Gasteiger partial charge in [-0.1, -0.05) is 6.92 Å². The molecule has 208 valence electrons. The van der Waals surface area contributed by atoms with Gasteiger partial charge in [-0.25, -0.2) is 18.7 Å². The molecule has 1 aliphatic heterocycles. The number of thiazole rings is 1. The lowest BCUT2D eigenvalue weighted by Crippen LogP contribution is -2.46. The second-order valence-corrected chi connectivity index (χ2v) is 10.6. The van der Waals surface area contributed by atoms with Crippen molar-refractivity contribution in [1.29, 1.82) is 0 Å². The number of likely N-dealkylation sites (tertiary alicyclic amines) is 1. The van der Waals surface area contributed by atoms with Crippen molar-refractivity contribution in [3.63, 3.8) is 0 Å². The Kier molecular flexibility index (Phi) is 8.21. The van der Waals surface area contributed by atoms with Crippen molar-refractivity contribution in [3.05, 3.63) is 28.5 Å². The van der Waals surface area contributed by atoms with Gasteiger partial charge in [-0.2, -0.15) is 13.2 Å². The van der Waals surface area contributed by atoms with Gasteiger partial charge in [-0.15, -0.1) is 11.3 Å². The number of alkyl halides is 5. The van der Waals surface area contributed by atoms with Gasteiger partial charge in [0.1, 0.15) is 17.6 Å². The fourth-order valence-electron chi connectivity index (χ4n) is 4.58. The monoisotopic (exact) mass is 561 g/mol. The van der Waals surface area contributed by atoms with Gasteiger partial charge >= 0.3 is 6.18 Å². The Bertz CT molecular complexity index is 1180. The summed E-state index contributed by atoms with van der Waals surface area (Å²) in [4.78, 5) is 36.0. The molecule has 2 aromatic heterocycles. The van der Waals surface area contributed by atoms with Crippen LogP contribution in [0.15, 0.2) is 12.3 Å². The fraction of sp³-hybridized carbons (Fsp3) is 0.583. The number of aromatic nitrogens is 2. The van der Waals surface area contributed by atoms with Gasteiger partial charge < -0.3 is 20.6 Å². The van der Waals surface area contributed by atoms with Crippen LogP contribution in [0.25, 0.3) is 10.4 Å². The summed E-state index contributed by atoms with van der Waals surface area (Å²) in [5.74, 6) is -1.52. The molecule has 0 bridgehead atoms. The average molecular weight is 562 g/mol. The zero-order chi connectivity index (χ0) is 27.8. The molecular formula is C24H28F5N5O3S. The van der Waals surface area contributed by atoms with E-state index in [0.29, 0.717) is 19.4 Å². The van der Waals surface area contributed by atoms with Crippen molar-refractivity contribution in [2.24, 2.45) is 0 Å². The van der Waals surface area contributed by atoms with E-state index in [0.717, 1.165) is 36.4 Å². The van der Waals surface area contributed by atoms with Crippen LogP contribution in [0.2, 0.25) is 0 Å². The predicted molar refractivity (Wildman–Crippen MR) is 130 cm³/mol. The quantitative estimate of drug-likeness (QED) is 0.401. The first-order valence-electron chi connectivity index (χ1n) is 12.3. The Labute approximate surface area is 219 Å². The van der Waals surface area contributed by atoms with Crippen molar-refractivity contribution in [2.75, 3.05) is 11.9 Å². The Hall–Kier alpha value is -2.87. The van der Waals surface area contributed by atoms with Crippen molar-refractivity contribution in [3.8, 4) is 10.4 Å². The molecule has 1 saturated carbocycles. The number of nitrogens with zero attached hydrogens (tertiary/aromatic N) is 3. The number of anilines is 1. The number of aliphatic hydroxyl groups excluding tert-OH is 1. The smallest absolute Gasteiger partial charge is 0.393 e. The third-order valence-electron chi connectivity index (χ3n) is 6.83. The molecule has 2 amide bonds. The molecular weight excluding hydrogens is 533 g/mol. The number of rotatable bonds is 8. The Morgan fingerprint density at radius 1 is 1.29 bits per heavy atom. The van der Waals surface area contributed by atoms with E-state index >= 15 is 0 Å². The highest BCUT2D eigenvalue weighted by atomic mass is 32.1. The van der Waals surface area contributed by atoms with Crippen LogP contribution in [0.1, 0.15) is 78.2 Å². The van der Waals surface area contributed by atoms with Crippen LogP contribution in [0.3, 0.4) is 0 Å². The Balaban J connectivity index is 1.73. The first-order valence-corrected chi connectivity index (χ1v) is 13.1. The number of carbonyl (C=O) groups excluding carboxylic acids is 2. The summed E-state index contributed by atoms with van der Waals surface area (Å²) in [7, 11) is 0. The molecule has 0 radical (unpaired) electrons. The maximum Gasteiger partial charge on any atom is 0.408 e. The van der Waals surface area contributed by atoms with E-state index < -0.39 is 42.1 Å². The lowest BCUT2D eigenvalue weighted by atomic mass is 9.89. The zero-order valence-corrected chi connectivity index (χ0v) is 21.5. The van der Waals surface area contributed by atoms with Gasteiger partial charge in [-0.3, -0.25) is 9.59 Å². The summed E-state index contributed by atoms with van der Waals surface area (Å²) in [5, 5.41) is 14.2. The van der Waals surface area contributed by atoms with Crippen LogP contribution in [-0.4, -0.2) is 68.7 Å². The fourth-order valence-corrected chi connectivity index (χ4v) is 5.57. The van der Waals surface area contributed by atoms with Gasteiger partial charge in [-0.05, 0) is 45.1 Å². The summed E-state index contributed by atoms with van der Waals surface area (Å²) in [6.07, 6.45) is -5.35. The summed E-state index contributed by atoms with van der Waals surface area (Å²) in [6, 6.07) is -1.54. The minimum atomic E-state index is -4.61. The standard InChI is InChI=1S/C24H28F5N5O3S/c1-3-16(24(27,28)29)32-17-9-14(20(25)26)15(10-30-17)19-18(23(37)34-6-4-5-11(34)2)33-22(38-19)21(36)31-12-7-13(35)8-12/h9-13,16,20,35H,3-8H2,1-2H3,(H,30,32)(H,31,36)/t11-,12?,13?,16+/m0/s1. The summed E-state index contributed by atoms with van der Waals surface area (Å²) in [5.41, 5.74) is -1.01. The molecule has 2 aliphatic rings. The van der Waals surface area contributed by atoms with E-state index in [1.807, 2.05) is 6.92 Å². The van der Waals surface area contributed by atoms with Gasteiger partial charge in [0.15, 0.2) is 5.01 Å². The number of amides is 2. The SMILES string of the molecule is CC[C@@H](Nc1cc(C(F)F)c(-c2sc(C(=O)NC3CC(O)C3)nc2C(=O)N2CCC[C@@H]2C)cn1)C(F)(F)F. The number of hydrogen-bond donors (Lipinski definition) is 3. The van der Waals surface area contributed by atoms with Crippen molar-refractivity contribution in [1.82, 2.24) is 20.2 Å². The molecule has 2 fully saturated rings. The molecule has 1 saturated heterocycles. The van der Waals surface area contributed by atoms with Gasteiger partial charge in [0.25, 0.3) is 18.2 Å². The van der Waals surface area contributed by atoms with E-state index in [9.17, 15) is 36.6 Å². The zero-order valence-electron chi connectivity index (χ0n) is 20.7. The normalized spacial score (nSPS) is 22.3. The molecule has 0 aromatic carbocycles. The van der Waals surface area contributed by atoms with Crippen LogP contribution >= 0.6 is 11.3 Å². The summed E-state index contributed by atoms with van der Waals surface area (Å²) < 4.78 is 68.0. The minimum absolute atomic E-state index is 0.00916. The van der Waals surface area contributed by atoms with E-state index in [1.54, 1.807) is 4.90 Å². The number of carbonyl (C=O) groups is 2. The van der Waals surface area contributed by atoms with Gasteiger partial charge in [0, 0.05) is 36.0 Å². The van der Waals surface area contributed by atoms with Crippen molar-refractivity contribution in [2.45, 2.75) is 82.8 Å². The van der Waals surface area contributed by atoms with Crippen LogP contribution < -0.4 is 10.6 Å². The predicted octanol–water partition coefficient (Wildman–Crippen LogP) is 4.77. The maximum atomic E-state index is 14.2. The number of aliphatic hydroxyl groups is 1. The molecule has 2 atom stereocenters. The lowest BCUT2D eigenvalue weighted by molar-refractivity contribution is -0.142. The maximum absolute atomic E-state index is 14.2. The molecule has 1 aliphatic carbocycles. The molecule has 4 rings (SSSR count). The first-order chi connectivity index (χ1) is 17.9. The Morgan fingerprint density at radius 2 is 2.00 bits per heavy atom. The highest BCUT2D eigenvalue weighted by molar-refractivity contribution is 7.17. The highest BCUT2D eigenvalue weighted by Crippen LogP contribution is 2.39. The van der Waals surface area contributed by atoms with Crippen LogP contribution in [0.4, 0.5) is 27.8 Å². The minimum Gasteiger partial charge on any atom is -0.393 e.